The quantitative estimate of drug-likeness (QED) is 0.874. The van der Waals surface area contributed by atoms with E-state index in [9.17, 15) is 14.3 Å². The van der Waals surface area contributed by atoms with Gasteiger partial charge in [-0.15, -0.1) is 0 Å². The monoisotopic (exact) mass is 327 g/mol. The maximum absolute atomic E-state index is 13.7. The molecule has 0 saturated carbocycles. The third-order valence-corrected chi connectivity index (χ3v) is 4.80. The Hall–Kier alpha value is -2.20. The molecule has 2 aromatic carbocycles. The molecule has 3 nitrogen and oxygen atoms in total. The van der Waals surface area contributed by atoms with Gasteiger partial charge >= 0.3 is 0 Å². The molecule has 126 valence electrons. The number of hydrogen-bond acceptors (Lipinski definition) is 2. The second-order valence-electron chi connectivity index (χ2n) is 7.39. The average Bonchev–Trinajstić information content (AvgIpc) is 2.53. The van der Waals surface area contributed by atoms with Crippen LogP contribution in [0.2, 0.25) is 0 Å². The normalized spacial score (nSPS) is 24.0. The fourth-order valence-electron chi connectivity index (χ4n) is 3.38. The Morgan fingerprint density at radius 2 is 1.79 bits per heavy atom. The second-order valence-corrected chi connectivity index (χ2v) is 7.39. The number of rotatable bonds is 3. The van der Waals surface area contributed by atoms with Crippen LogP contribution in [0.25, 0.3) is 0 Å². The molecule has 2 unspecified atom stereocenters. The first-order chi connectivity index (χ1) is 11.2. The van der Waals surface area contributed by atoms with E-state index in [0.717, 1.165) is 5.56 Å². The number of halogens is 1. The summed E-state index contributed by atoms with van der Waals surface area (Å²) in [5, 5.41) is 11.2. The van der Waals surface area contributed by atoms with Gasteiger partial charge in [0.05, 0.1) is 6.04 Å². The summed E-state index contributed by atoms with van der Waals surface area (Å²) >= 11 is 0. The number of likely N-dealkylation sites (tertiary alicyclic amines) is 1. The lowest BCUT2D eigenvalue weighted by atomic mass is 9.63. The highest BCUT2D eigenvalue weighted by Crippen LogP contribution is 2.53. The number of carbonyl (C=O) groups is 1. The molecule has 1 amide bonds. The third-order valence-electron chi connectivity index (χ3n) is 4.80. The topological polar surface area (TPSA) is 40.5 Å². The van der Waals surface area contributed by atoms with E-state index in [4.69, 9.17) is 0 Å². The van der Waals surface area contributed by atoms with E-state index in [0.29, 0.717) is 12.1 Å². The van der Waals surface area contributed by atoms with Crippen LogP contribution in [0.4, 0.5) is 4.39 Å². The molecule has 0 bridgehead atoms. The molecule has 1 N–H and O–H groups in total. The Kier molecular flexibility index (Phi) is 3.96. The van der Waals surface area contributed by atoms with Gasteiger partial charge in [0.1, 0.15) is 5.82 Å². The summed E-state index contributed by atoms with van der Waals surface area (Å²) in [5.41, 5.74) is -0.615. The third kappa shape index (κ3) is 2.51. The number of β-lactam (4-membered cyclic amide) rings is 1. The van der Waals surface area contributed by atoms with E-state index in [1.165, 1.54) is 12.1 Å². The summed E-state index contributed by atoms with van der Waals surface area (Å²) in [4.78, 5) is 14.4. The van der Waals surface area contributed by atoms with Crippen LogP contribution < -0.4 is 0 Å². The van der Waals surface area contributed by atoms with Gasteiger partial charge in [0, 0.05) is 12.0 Å². The Balaban J connectivity index is 2.01. The maximum atomic E-state index is 13.7. The highest BCUT2D eigenvalue weighted by Gasteiger charge is 2.65. The molecule has 1 fully saturated rings. The predicted molar refractivity (Wildman–Crippen MR) is 90.5 cm³/mol. The SMILES string of the molecule is CC(C)(C)C1(O)C(=O)N(Cc2ccccc2)C1c1cccc(F)c1. The zero-order chi connectivity index (χ0) is 17.5. The summed E-state index contributed by atoms with van der Waals surface area (Å²) in [6, 6.07) is 15.2. The van der Waals surface area contributed by atoms with Gasteiger partial charge in [-0.05, 0) is 23.3 Å². The summed E-state index contributed by atoms with van der Waals surface area (Å²) < 4.78 is 13.7. The van der Waals surface area contributed by atoms with E-state index < -0.39 is 17.1 Å². The Bertz CT molecular complexity index is 754. The molecule has 2 aromatic rings. The first kappa shape index (κ1) is 16.7. The number of aliphatic hydroxyl groups is 1. The fraction of sp³-hybridized carbons (Fsp3) is 0.350. The first-order valence-corrected chi connectivity index (χ1v) is 8.08. The van der Waals surface area contributed by atoms with Crippen molar-refractivity contribution in [3.8, 4) is 0 Å². The molecule has 1 aliphatic rings. The van der Waals surface area contributed by atoms with Gasteiger partial charge in [-0.1, -0.05) is 63.2 Å². The molecule has 3 rings (SSSR count). The molecule has 1 heterocycles. The van der Waals surface area contributed by atoms with Crippen molar-refractivity contribution in [1.82, 2.24) is 4.90 Å². The molecule has 0 spiro atoms. The van der Waals surface area contributed by atoms with E-state index >= 15 is 0 Å². The van der Waals surface area contributed by atoms with Gasteiger partial charge in [0.15, 0.2) is 5.60 Å². The number of nitrogens with zero attached hydrogens (tertiary/aromatic N) is 1. The summed E-state index contributed by atoms with van der Waals surface area (Å²) in [5.74, 6) is -0.684. The average molecular weight is 327 g/mol. The lowest BCUT2D eigenvalue weighted by molar-refractivity contribution is -0.218. The fourth-order valence-corrected chi connectivity index (χ4v) is 3.38. The minimum Gasteiger partial charge on any atom is -0.377 e. The molecule has 1 saturated heterocycles. The zero-order valence-electron chi connectivity index (χ0n) is 14.2. The minimum atomic E-state index is -1.55. The largest absolute Gasteiger partial charge is 0.377 e. The van der Waals surface area contributed by atoms with E-state index in [1.807, 2.05) is 51.1 Å². The van der Waals surface area contributed by atoms with Crippen molar-refractivity contribution in [1.29, 1.82) is 0 Å². The molecule has 0 aliphatic carbocycles. The predicted octanol–water partition coefficient (Wildman–Crippen LogP) is 3.69. The van der Waals surface area contributed by atoms with Crippen LogP contribution in [0.1, 0.15) is 37.9 Å². The van der Waals surface area contributed by atoms with Crippen LogP contribution in [0.3, 0.4) is 0 Å². The summed E-state index contributed by atoms with van der Waals surface area (Å²) in [7, 11) is 0. The van der Waals surface area contributed by atoms with Gasteiger partial charge in [-0.25, -0.2) is 4.39 Å². The van der Waals surface area contributed by atoms with Crippen molar-refractivity contribution < 1.29 is 14.3 Å². The van der Waals surface area contributed by atoms with Crippen LogP contribution in [-0.4, -0.2) is 21.5 Å². The van der Waals surface area contributed by atoms with Crippen molar-refractivity contribution in [3.05, 3.63) is 71.5 Å². The van der Waals surface area contributed by atoms with Crippen molar-refractivity contribution in [2.45, 2.75) is 39.0 Å². The molecule has 1 aliphatic heterocycles. The molecule has 24 heavy (non-hydrogen) atoms. The number of benzene rings is 2. The van der Waals surface area contributed by atoms with Crippen LogP contribution >= 0.6 is 0 Å². The van der Waals surface area contributed by atoms with Crippen LogP contribution in [0, 0.1) is 11.2 Å². The van der Waals surface area contributed by atoms with Crippen LogP contribution in [0.15, 0.2) is 54.6 Å². The Morgan fingerprint density at radius 1 is 1.12 bits per heavy atom. The number of amides is 1. The molecule has 4 heteroatoms. The highest BCUT2D eigenvalue weighted by atomic mass is 19.1. The van der Waals surface area contributed by atoms with Crippen molar-refractivity contribution >= 4 is 5.91 Å². The summed E-state index contributed by atoms with van der Waals surface area (Å²) in [6.45, 7) is 5.88. The number of hydrogen-bond donors (Lipinski definition) is 1. The van der Waals surface area contributed by atoms with Crippen LogP contribution in [-0.2, 0) is 11.3 Å². The Morgan fingerprint density at radius 3 is 2.38 bits per heavy atom. The van der Waals surface area contributed by atoms with Gasteiger partial charge in [-0.3, -0.25) is 4.79 Å². The van der Waals surface area contributed by atoms with Gasteiger partial charge in [0.2, 0.25) is 0 Å². The summed E-state index contributed by atoms with van der Waals surface area (Å²) in [6.07, 6.45) is 0. The van der Waals surface area contributed by atoms with Gasteiger partial charge in [0.25, 0.3) is 5.91 Å². The van der Waals surface area contributed by atoms with Gasteiger partial charge < -0.3 is 10.0 Å². The van der Waals surface area contributed by atoms with Crippen LogP contribution in [0.5, 0.6) is 0 Å². The standard InChI is InChI=1S/C20H22FNO2/c1-19(2,3)20(24)17(15-10-7-11-16(21)12-15)22(18(20)23)13-14-8-5-4-6-9-14/h4-12,17,24H,13H2,1-3H3. The molecule has 2 atom stereocenters. The first-order valence-electron chi connectivity index (χ1n) is 8.08. The molecular weight excluding hydrogens is 305 g/mol. The lowest BCUT2D eigenvalue weighted by Crippen LogP contribution is -2.73. The molecule has 0 radical (unpaired) electrons. The number of carbonyl (C=O) groups excluding carboxylic acids is 1. The zero-order valence-corrected chi connectivity index (χ0v) is 14.2. The van der Waals surface area contributed by atoms with Crippen molar-refractivity contribution in [2.24, 2.45) is 5.41 Å². The van der Waals surface area contributed by atoms with Crippen molar-refractivity contribution in [3.63, 3.8) is 0 Å². The van der Waals surface area contributed by atoms with Gasteiger partial charge in [-0.2, -0.15) is 0 Å². The maximum Gasteiger partial charge on any atom is 0.258 e. The molecular formula is C20H22FNO2. The molecule has 0 aromatic heterocycles. The van der Waals surface area contributed by atoms with E-state index in [1.54, 1.807) is 17.0 Å². The lowest BCUT2D eigenvalue weighted by Gasteiger charge is -2.58. The second kappa shape index (κ2) is 5.71. The van der Waals surface area contributed by atoms with E-state index in [-0.39, 0.29) is 11.7 Å². The Labute approximate surface area is 141 Å². The minimum absolute atomic E-state index is 0.312. The highest BCUT2D eigenvalue weighted by molar-refractivity contribution is 5.94. The van der Waals surface area contributed by atoms with E-state index in [2.05, 4.69) is 0 Å². The van der Waals surface area contributed by atoms with Crippen molar-refractivity contribution in [2.75, 3.05) is 0 Å². The smallest absolute Gasteiger partial charge is 0.258 e.